The number of thiophene rings is 1. The number of halogens is 4. The predicted octanol–water partition coefficient (Wildman–Crippen LogP) is 7.50. The Morgan fingerprint density at radius 3 is 2.61 bits per heavy atom. The molecule has 0 radical (unpaired) electrons. The van der Waals surface area contributed by atoms with Crippen LogP contribution in [0.4, 0.5) is 24.4 Å². The van der Waals surface area contributed by atoms with Gasteiger partial charge in [-0.05, 0) is 99.2 Å². The summed E-state index contributed by atoms with van der Waals surface area (Å²) in [7, 11) is 0. The van der Waals surface area contributed by atoms with Crippen molar-refractivity contribution < 1.29 is 18.3 Å². The standard InChI is InChI=1S/C39H36Cl2F2N10O2S/c40-24-14-22-30(29(43)28(24)21-6-7-25(42)31-27(21)23(15-44)32(45)56-31)47-35(55-18-37-9-2-11-51(37)12-3-10-37)48-33(22)50-13-8-26-38(16-50)17-52(39(26,38)20-4-1-5-20)36(54)53-19-46-34(41)49-53/h6-7,14,19-20,26H,1-5,8-13,16-18,45H2/t26-,38-,39-/m1/s1. The molecule has 3 aromatic heterocycles. The van der Waals surface area contributed by atoms with Crippen molar-refractivity contribution in [3.63, 3.8) is 0 Å². The Hall–Kier alpha value is -4.36. The Kier molecular flexibility index (Phi) is 7.52. The topological polar surface area (TPSA) is 142 Å². The number of piperidine rings is 1. The Morgan fingerprint density at radius 1 is 1.09 bits per heavy atom. The van der Waals surface area contributed by atoms with Gasteiger partial charge in [0.05, 0.1) is 26.4 Å². The van der Waals surface area contributed by atoms with Crippen LogP contribution in [0.25, 0.3) is 32.1 Å². The van der Waals surface area contributed by atoms with Crippen LogP contribution in [0, 0.1) is 40.2 Å². The van der Waals surface area contributed by atoms with Gasteiger partial charge in [-0.1, -0.05) is 24.1 Å². The van der Waals surface area contributed by atoms with Crippen LogP contribution in [0.3, 0.4) is 0 Å². The molecule has 4 aliphatic heterocycles. The van der Waals surface area contributed by atoms with Crippen molar-refractivity contribution in [1.82, 2.24) is 34.5 Å². The normalized spacial score (nSPS) is 26.4. The van der Waals surface area contributed by atoms with Crippen LogP contribution in [-0.2, 0) is 0 Å². The Morgan fingerprint density at radius 2 is 1.89 bits per heavy atom. The number of nitriles is 1. The Bertz CT molecular complexity index is 2560. The maximum absolute atomic E-state index is 17.4. The van der Waals surface area contributed by atoms with E-state index in [2.05, 4.69) is 26.0 Å². The van der Waals surface area contributed by atoms with Crippen molar-refractivity contribution in [2.75, 3.05) is 50.0 Å². The second-order valence-electron chi connectivity index (χ2n) is 16.4. The summed E-state index contributed by atoms with van der Waals surface area (Å²) in [5.41, 5.74) is 5.90. The van der Waals surface area contributed by atoms with E-state index >= 15 is 8.78 Å². The molecule has 2 saturated carbocycles. The van der Waals surface area contributed by atoms with Crippen molar-refractivity contribution in [3.8, 4) is 23.2 Å². The molecule has 0 bridgehead atoms. The third-order valence-electron chi connectivity index (χ3n) is 14.2. The van der Waals surface area contributed by atoms with Crippen LogP contribution < -0.4 is 15.4 Å². The number of aromatic nitrogens is 5. The molecule has 2 aromatic carbocycles. The molecule has 1 amide bonds. The lowest BCUT2D eigenvalue weighted by Gasteiger charge is -2.54. The van der Waals surface area contributed by atoms with Crippen molar-refractivity contribution in [2.24, 2.45) is 17.3 Å². The fourth-order valence-electron chi connectivity index (χ4n) is 11.7. The lowest BCUT2D eigenvalue weighted by Crippen LogP contribution is -2.66. The van der Waals surface area contributed by atoms with Gasteiger partial charge in [-0.15, -0.1) is 16.4 Å². The molecule has 6 aliphatic rings. The molecule has 2 aliphatic carbocycles. The number of nitrogens with zero attached hydrogens (tertiary/aromatic N) is 9. The van der Waals surface area contributed by atoms with E-state index in [1.165, 1.54) is 23.1 Å². The fraction of sp³-hybridized carbons (Fsp3) is 0.487. The lowest BCUT2D eigenvalue weighted by atomic mass is 9.69. The average Bonchev–Trinajstić information content (AvgIpc) is 3.82. The molecule has 12 nitrogen and oxygen atoms in total. The van der Waals surface area contributed by atoms with E-state index in [0.717, 1.165) is 75.8 Å². The molecule has 5 aromatic rings. The highest BCUT2D eigenvalue weighted by atomic mass is 35.5. The summed E-state index contributed by atoms with van der Waals surface area (Å²) in [4.78, 5) is 34.2. The number of ether oxygens (including phenoxy) is 1. The second kappa shape index (κ2) is 12.1. The number of carbonyl (C=O) groups excluding carboxylic acids is 1. The zero-order valence-corrected chi connectivity index (χ0v) is 32.5. The molecule has 17 heteroatoms. The number of carbonyl (C=O) groups is 1. The number of likely N-dealkylation sites (tertiary alicyclic amines) is 1. The zero-order chi connectivity index (χ0) is 38.3. The number of anilines is 2. The van der Waals surface area contributed by atoms with Gasteiger partial charge in [0.1, 0.15) is 41.2 Å². The molecule has 2 N–H and O–H groups in total. The average molecular weight is 818 g/mol. The predicted molar refractivity (Wildman–Crippen MR) is 208 cm³/mol. The van der Waals surface area contributed by atoms with Crippen LogP contribution in [0.1, 0.15) is 56.9 Å². The first-order valence-corrected chi connectivity index (χ1v) is 20.8. The van der Waals surface area contributed by atoms with Gasteiger partial charge >= 0.3 is 12.0 Å². The molecule has 4 saturated heterocycles. The number of nitrogens with two attached hydrogens (primary N) is 1. The molecule has 0 unspecified atom stereocenters. The van der Waals surface area contributed by atoms with E-state index in [9.17, 15) is 10.1 Å². The van der Waals surface area contributed by atoms with Crippen molar-refractivity contribution in [1.29, 1.82) is 5.26 Å². The molecule has 1 spiro atoms. The lowest BCUT2D eigenvalue weighted by molar-refractivity contribution is -0.0132. The van der Waals surface area contributed by atoms with E-state index in [-0.39, 0.29) is 76.1 Å². The zero-order valence-electron chi connectivity index (χ0n) is 30.2. The molecule has 11 rings (SSSR count). The van der Waals surface area contributed by atoms with Crippen molar-refractivity contribution in [3.05, 3.63) is 52.0 Å². The van der Waals surface area contributed by atoms with E-state index in [0.29, 0.717) is 49.3 Å². The molecular formula is C39H36Cl2F2N10O2S. The SMILES string of the molecule is N#Cc1c(N)sc2c(F)ccc(-c3c(Cl)cc4c(N5CC[C@@H]6[C@@]7(C5)CN(C(=O)n5cnc(Cl)n5)[C@]67C5CCC5)nc(OCC56CCCN5CCC6)nc4c3F)c12. The largest absolute Gasteiger partial charge is 0.461 e. The van der Waals surface area contributed by atoms with Crippen LogP contribution >= 0.6 is 34.5 Å². The summed E-state index contributed by atoms with van der Waals surface area (Å²) in [6.45, 7) is 4.22. The summed E-state index contributed by atoms with van der Waals surface area (Å²) in [5, 5.41) is 15.0. The maximum Gasteiger partial charge on any atom is 0.346 e. The summed E-state index contributed by atoms with van der Waals surface area (Å²) < 4.78 is 40.4. The maximum atomic E-state index is 17.4. The Balaban J connectivity index is 1.02. The number of nitrogen functional groups attached to an aromatic ring is 1. The monoisotopic (exact) mass is 816 g/mol. The van der Waals surface area contributed by atoms with E-state index in [1.807, 2.05) is 4.90 Å². The number of amides is 1. The molecular weight excluding hydrogens is 781 g/mol. The second-order valence-corrected chi connectivity index (χ2v) is 18.2. The smallest absolute Gasteiger partial charge is 0.346 e. The molecule has 56 heavy (non-hydrogen) atoms. The first-order valence-electron chi connectivity index (χ1n) is 19.2. The van der Waals surface area contributed by atoms with Crippen LogP contribution in [0.5, 0.6) is 6.01 Å². The highest BCUT2D eigenvalue weighted by Gasteiger charge is 2.90. The van der Waals surface area contributed by atoms with Gasteiger partial charge in [0.2, 0.25) is 5.28 Å². The quantitative estimate of drug-likeness (QED) is 0.183. The van der Waals surface area contributed by atoms with Crippen LogP contribution in [-0.4, -0.2) is 91.0 Å². The molecule has 288 valence electrons. The number of hydrogen-bond acceptors (Lipinski definition) is 11. The highest BCUT2D eigenvalue weighted by Crippen LogP contribution is 2.80. The number of benzene rings is 2. The fourth-order valence-corrected chi connectivity index (χ4v) is 13.1. The van der Waals surface area contributed by atoms with Crippen LogP contribution in [0.15, 0.2) is 24.5 Å². The van der Waals surface area contributed by atoms with Gasteiger partial charge in [0.25, 0.3) is 0 Å². The summed E-state index contributed by atoms with van der Waals surface area (Å²) in [6.07, 6.45) is 9.63. The number of hydrogen-bond donors (Lipinski definition) is 1. The minimum Gasteiger partial charge on any atom is -0.461 e. The molecule has 3 atom stereocenters. The van der Waals surface area contributed by atoms with E-state index < -0.39 is 11.6 Å². The number of rotatable bonds is 6. The minimum atomic E-state index is -0.723. The van der Waals surface area contributed by atoms with Gasteiger partial charge in [0.15, 0.2) is 5.82 Å². The van der Waals surface area contributed by atoms with Gasteiger partial charge in [-0.25, -0.2) is 18.6 Å². The molecule has 7 heterocycles. The van der Waals surface area contributed by atoms with Crippen LogP contribution in [0.2, 0.25) is 10.3 Å². The van der Waals surface area contributed by atoms with E-state index in [1.54, 1.807) is 6.07 Å². The van der Waals surface area contributed by atoms with E-state index in [4.69, 9.17) is 43.6 Å². The Labute approximate surface area is 334 Å². The summed E-state index contributed by atoms with van der Waals surface area (Å²) in [6, 6.07) is 6.26. The van der Waals surface area contributed by atoms with Gasteiger partial charge in [0, 0.05) is 41.4 Å². The van der Waals surface area contributed by atoms with Crippen molar-refractivity contribution >= 4 is 72.4 Å². The first kappa shape index (κ1) is 34.9. The van der Waals surface area contributed by atoms with Gasteiger partial charge in [-0.2, -0.15) is 19.9 Å². The number of fused-ring (bicyclic) bond motifs is 4. The summed E-state index contributed by atoms with van der Waals surface area (Å²) in [5.74, 6) is -0.0930. The van der Waals surface area contributed by atoms with Gasteiger partial charge < -0.3 is 20.3 Å². The third-order valence-corrected chi connectivity index (χ3v) is 15.7. The summed E-state index contributed by atoms with van der Waals surface area (Å²) >= 11 is 14.0. The minimum absolute atomic E-state index is 0.00437. The highest BCUT2D eigenvalue weighted by molar-refractivity contribution is 7.23. The third kappa shape index (κ3) is 4.49. The van der Waals surface area contributed by atoms with Crippen molar-refractivity contribution in [2.45, 2.75) is 62.4 Å². The molecule has 6 fully saturated rings. The van der Waals surface area contributed by atoms with Gasteiger partial charge in [-0.3, -0.25) is 4.90 Å². The first-order chi connectivity index (χ1) is 27.1.